The van der Waals surface area contributed by atoms with Crippen LogP contribution in [0.1, 0.15) is 12.0 Å². The fourth-order valence-electron chi connectivity index (χ4n) is 4.96. The number of ether oxygens (including phenoxy) is 3. The zero-order chi connectivity index (χ0) is 30.8. The molecule has 0 aromatic heterocycles. The molecule has 6 heteroatoms. The lowest BCUT2D eigenvalue weighted by atomic mass is 10.1. The standard InChI is InChI=1S/C39H35N3O3/c40-30-12-20-34(21-13-30)44-36-24-16-32(17-25-36)42(33-18-26-37(27-19-33)45-35-22-14-31(41)15-23-35)38-10-4-5-11-39(38)43-28-6-9-29-7-2-1-3-8-29/h1-5,7-8,10-27H,6,9,28,40-41H2. The van der Waals surface area contributed by atoms with Gasteiger partial charge in [-0.15, -0.1) is 0 Å². The maximum atomic E-state index is 6.40. The Morgan fingerprint density at radius 1 is 0.467 bits per heavy atom. The number of aryl methyl sites for hydroxylation is 1. The summed E-state index contributed by atoms with van der Waals surface area (Å²) in [6.45, 7) is 0.600. The molecule has 0 saturated heterocycles. The summed E-state index contributed by atoms with van der Waals surface area (Å²) in [5.41, 5.74) is 17.2. The largest absolute Gasteiger partial charge is 0.491 e. The third-order valence-corrected chi connectivity index (χ3v) is 7.24. The minimum atomic E-state index is 0.600. The minimum absolute atomic E-state index is 0.600. The highest BCUT2D eigenvalue weighted by atomic mass is 16.5. The summed E-state index contributed by atoms with van der Waals surface area (Å²) in [6.07, 6.45) is 1.87. The van der Waals surface area contributed by atoms with Gasteiger partial charge < -0.3 is 30.6 Å². The summed E-state index contributed by atoms with van der Waals surface area (Å²) in [4.78, 5) is 2.17. The molecule has 45 heavy (non-hydrogen) atoms. The van der Waals surface area contributed by atoms with Gasteiger partial charge in [-0.25, -0.2) is 0 Å². The number of nitrogens with zero attached hydrogens (tertiary/aromatic N) is 1. The van der Waals surface area contributed by atoms with Crippen LogP contribution in [0, 0.1) is 0 Å². The van der Waals surface area contributed by atoms with Crippen LogP contribution in [0.25, 0.3) is 0 Å². The van der Waals surface area contributed by atoms with Crippen LogP contribution in [0.5, 0.6) is 28.7 Å². The molecule has 6 aromatic carbocycles. The van der Waals surface area contributed by atoms with Crippen molar-refractivity contribution in [2.24, 2.45) is 0 Å². The van der Waals surface area contributed by atoms with E-state index in [1.54, 1.807) is 0 Å². The normalized spacial score (nSPS) is 10.7. The van der Waals surface area contributed by atoms with Crippen molar-refractivity contribution < 1.29 is 14.2 Å². The fraction of sp³-hybridized carbons (Fsp3) is 0.0769. The molecule has 6 aromatic rings. The van der Waals surface area contributed by atoms with E-state index in [2.05, 4.69) is 35.2 Å². The minimum Gasteiger partial charge on any atom is -0.491 e. The second-order valence-electron chi connectivity index (χ2n) is 10.6. The van der Waals surface area contributed by atoms with Gasteiger partial charge in [0.15, 0.2) is 0 Å². The van der Waals surface area contributed by atoms with Gasteiger partial charge in [-0.1, -0.05) is 42.5 Å². The van der Waals surface area contributed by atoms with Crippen molar-refractivity contribution in [3.63, 3.8) is 0 Å². The van der Waals surface area contributed by atoms with Crippen molar-refractivity contribution >= 4 is 28.4 Å². The van der Waals surface area contributed by atoms with E-state index in [0.717, 1.165) is 58.7 Å². The first kappa shape index (κ1) is 29.2. The van der Waals surface area contributed by atoms with Crippen LogP contribution in [0.15, 0.2) is 152 Å². The third kappa shape index (κ3) is 7.75. The molecule has 0 unspecified atom stereocenters. The molecule has 0 aliphatic rings. The monoisotopic (exact) mass is 593 g/mol. The van der Waals surface area contributed by atoms with Crippen molar-refractivity contribution in [2.75, 3.05) is 23.0 Å². The van der Waals surface area contributed by atoms with Crippen molar-refractivity contribution in [3.8, 4) is 28.7 Å². The van der Waals surface area contributed by atoms with Crippen molar-refractivity contribution in [1.29, 1.82) is 0 Å². The van der Waals surface area contributed by atoms with Gasteiger partial charge in [0.25, 0.3) is 0 Å². The molecule has 0 aliphatic carbocycles. The van der Waals surface area contributed by atoms with Crippen molar-refractivity contribution in [2.45, 2.75) is 12.8 Å². The molecule has 224 valence electrons. The number of benzene rings is 6. The SMILES string of the molecule is Nc1ccc(Oc2ccc(N(c3ccc(Oc4ccc(N)cc4)cc3)c3ccccc3OCCCc3ccccc3)cc2)cc1. The Hall–Kier alpha value is -5.88. The van der Waals surface area contributed by atoms with Crippen LogP contribution < -0.4 is 30.6 Å². The first-order chi connectivity index (χ1) is 22.1. The molecule has 0 amide bonds. The molecule has 4 N–H and O–H groups in total. The van der Waals surface area contributed by atoms with Gasteiger partial charge in [0.2, 0.25) is 0 Å². The predicted octanol–water partition coefficient (Wildman–Crippen LogP) is 9.92. The Kier molecular flexibility index (Phi) is 9.12. The molecule has 0 fully saturated rings. The molecule has 6 nitrogen and oxygen atoms in total. The Labute approximate surface area is 264 Å². The van der Waals surface area contributed by atoms with Gasteiger partial charge >= 0.3 is 0 Å². The highest BCUT2D eigenvalue weighted by molar-refractivity contribution is 5.80. The van der Waals surface area contributed by atoms with E-state index in [0.29, 0.717) is 18.0 Å². The number of para-hydroxylation sites is 2. The summed E-state index contributed by atoms with van der Waals surface area (Å²) in [5, 5.41) is 0. The van der Waals surface area contributed by atoms with E-state index < -0.39 is 0 Å². The summed E-state index contributed by atoms with van der Waals surface area (Å²) in [7, 11) is 0. The van der Waals surface area contributed by atoms with E-state index >= 15 is 0 Å². The van der Waals surface area contributed by atoms with E-state index in [1.807, 2.05) is 121 Å². The Bertz CT molecular complexity index is 1700. The van der Waals surface area contributed by atoms with Gasteiger partial charge in [-0.2, -0.15) is 0 Å². The number of rotatable bonds is 12. The Balaban J connectivity index is 1.26. The second-order valence-corrected chi connectivity index (χ2v) is 10.6. The summed E-state index contributed by atoms with van der Waals surface area (Å²) >= 11 is 0. The van der Waals surface area contributed by atoms with Crippen molar-refractivity contribution in [3.05, 3.63) is 157 Å². The average molecular weight is 594 g/mol. The van der Waals surface area contributed by atoms with Gasteiger partial charge in [0, 0.05) is 22.7 Å². The number of nitrogens with two attached hydrogens (primary N) is 2. The van der Waals surface area contributed by atoms with Gasteiger partial charge in [-0.3, -0.25) is 0 Å². The van der Waals surface area contributed by atoms with E-state index in [9.17, 15) is 0 Å². The quantitative estimate of drug-likeness (QED) is 0.109. The zero-order valence-electron chi connectivity index (χ0n) is 24.9. The van der Waals surface area contributed by atoms with Crippen LogP contribution in [-0.2, 0) is 6.42 Å². The third-order valence-electron chi connectivity index (χ3n) is 7.24. The van der Waals surface area contributed by atoms with Crippen LogP contribution in [0.4, 0.5) is 28.4 Å². The van der Waals surface area contributed by atoms with E-state index in [-0.39, 0.29) is 0 Å². The maximum absolute atomic E-state index is 6.40. The number of anilines is 5. The average Bonchev–Trinajstić information content (AvgIpc) is 3.08. The molecule has 0 saturated carbocycles. The fourth-order valence-corrected chi connectivity index (χ4v) is 4.96. The lowest BCUT2D eigenvalue weighted by molar-refractivity contribution is 0.312. The Morgan fingerprint density at radius 2 is 0.911 bits per heavy atom. The highest BCUT2D eigenvalue weighted by Crippen LogP contribution is 2.41. The number of hydrogen-bond donors (Lipinski definition) is 2. The smallest absolute Gasteiger partial charge is 0.143 e. The molecule has 0 aliphatic heterocycles. The summed E-state index contributed by atoms with van der Waals surface area (Å²) in [5.74, 6) is 3.69. The first-order valence-electron chi connectivity index (χ1n) is 14.9. The molecule has 0 bridgehead atoms. The van der Waals surface area contributed by atoms with Gasteiger partial charge in [0.05, 0.1) is 12.3 Å². The summed E-state index contributed by atoms with van der Waals surface area (Å²) < 4.78 is 18.5. The molecular formula is C39H35N3O3. The summed E-state index contributed by atoms with van der Waals surface area (Å²) in [6, 6.07) is 49.3. The van der Waals surface area contributed by atoms with Crippen LogP contribution >= 0.6 is 0 Å². The second kappa shape index (κ2) is 14.1. The maximum Gasteiger partial charge on any atom is 0.143 e. The molecule has 0 atom stereocenters. The van der Waals surface area contributed by atoms with Crippen LogP contribution in [-0.4, -0.2) is 6.61 Å². The van der Waals surface area contributed by atoms with Crippen LogP contribution in [0.3, 0.4) is 0 Å². The van der Waals surface area contributed by atoms with E-state index in [1.165, 1.54) is 5.56 Å². The predicted molar refractivity (Wildman–Crippen MR) is 183 cm³/mol. The van der Waals surface area contributed by atoms with E-state index in [4.69, 9.17) is 25.7 Å². The highest BCUT2D eigenvalue weighted by Gasteiger charge is 2.17. The molecule has 0 radical (unpaired) electrons. The molecule has 0 heterocycles. The van der Waals surface area contributed by atoms with Gasteiger partial charge in [-0.05, 0) is 128 Å². The molecule has 6 rings (SSSR count). The zero-order valence-corrected chi connectivity index (χ0v) is 24.9. The topological polar surface area (TPSA) is 83.0 Å². The number of nitrogen functional groups attached to an aromatic ring is 2. The number of hydrogen-bond acceptors (Lipinski definition) is 6. The lowest BCUT2D eigenvalue weighted by Crippen LogP contribution is -2.12. The lowest BCUT2D eigenvalue weighted by Gasteiger charge is -2.27. The Morgan fingerprint density at radius 3 is 1.42 bits per heavy atom. The molecular weight excluding hydrogens is 558 g/mol. The first-order valence-corrected chi connectivity index (χ1v) is 14.9. The van der Waals surface area contributed by atoms with Crippen molar-refractivity contribution in [1.82, 2.24) is 0 Å². The molecule has 0 spiro atoms. The van der Waals surface area contributed by atoms with Crippen LogP contribution in [0.2, 0.25) is 0 Å². The van der Waals surface area contributed by atoms with Gasteiger partial charge in [0.1, 0.15) is 28.7 Å².